The first kappa shape index (κ1) is 22.9. The van der Waals surface area contributed by atoms with Crippen LogP contribution in [0.1, 0.15) is 10.4 Å². The van der Waals surface area contributed by atoms with Gasteiger partial charge in [-0.15, -0.1) is 23.2 Å². The number of alkyl halides is 4. The predicted molar refractivity (Wildman–Crippen MR) is 113 cm³/mol. The normalized spacial score (nSPS) is 32.2. The first-order valence-electron chi connectivity index (χ1n) is 8.43. The minimum atomic E-state index is -2.25. The number of nitrogens with one attached hydrogen (secondary N) is 2. The van der Waals surface area contributed by atoms with Crippen LogP contribution in [-0.2, 0) is 9.59 Å². The third-order valence-electron chi connectivity index (χ3n) is 5.42. The molecule has 31 heavy (non-hydrogen) atoms. The molecule has 2 amide bonds. The Morgan fingerprint density at radius 1 is 0.935 bits per heavy atom. The maximum absolute atomic E-state index is 12.9. The van der Waals surface area contributed by atoms with Crippen LogP contribution in [0.3, 0.4) is 0 Å². The standard InChI is InChI=1S/C17H10Cl6N2O6/c18-10-11(19)16(21)9(14(28)29)8(15(10,20)17(16,22)23)13(27)25-24-12(26)5-1-2-6-7(3-5)31-4-30-6/h1-3,8-9H,4H2,(H,24,26)(H,25,27)(H,28,29)/t8-,9-,15-,16-/m0/s1. The molecule has 0 radical (unpaired) electrons. The molecule has 166 valence electrons. The monoisotopic (exact) mass is 548 g/mol. The van der Waals surface area contributed by atoms with Crippen LogP contribution in [0.4, 0.5) is 0 Å². The van der Waals surface area contributed by atoms with E-state index in [0.29, 0.717) is 11.5 Å². The summed E-state index contributed by atoms with van der Waals surface area (Å²) in [4.78, 5) is 33.0. The Balaban J connectivity index is 1.59. The number of halogens is 6. The molecule has 0 spiro atoms. The third-order valence-corrected chi connectivity index (χ3v) is 9.68. The number of hydrazine groups is 1. The van der Waals surface area contributed by atoms with Crippen molar-refractivity contribution >= 4 is 87.4 Å². The van der Waals surface area contributed by atoms with Crippen molar-refractivity contribution in [1.82, 2.24) is 10.9 Å². The Hall–Kier alpha value is -1.29. The van der Waals surface area contributed by atoms with Gasteiger partial charge < -0.3 is 14.6 Å². The molecule has 3 N–H and O–H groups in total. The van der Waals surface area contributed by atoms with Crippen LogP contribution in [0, 0.1) is 11.8 Å². The van der Waals surface area contributed by atoms with E-state index in [2.05, 4.69) is 10.9 Å². The maximum atomic E-state index is 12.9. The van der Waals surface area contributed by atoms with Crippen molar-refractivity contribution < 1.29 is 29.0 Å². The van der Waals surface area contributed by atoms with Crippen molar-refractivity contribution in [2.24, 2.45) is 11.8 Å². The smallest absolute Gasteiger partial charge is 0.309 e. The summed E-state index contributed by atoms with van der Waals surface area (Å²) in [5.41, 5.74) is 4.41. The molecular formula is C17H10Cl6N2O6. The van der Waals surface area contributed by atoms with E-state index in [1.807, 2.05) is 0 Å². The molecule has 3 aliphatic rings. The number of fused-ring (bicyclic) bond motifs is 3. The van der Waals surface area contributed by atoms with Gasteiger partial charge in [-0.05, 0) is 18.2 Å². The lowest BCUT2D eigenvalue weighted by Gasteiger charge is -2.33. The van der Waals surface area contributed by atoms with Gasteiger partial charge in [0.1, 0.15) is 9.75 Å². The quantitative estimate of drug-likeness (QED) is 0.393. The Kier molecular flexibility index (Phi) is 5.44. The van der Waals surface area contributed by atoms with Gasteiger partial charge >= 0.3 is 5.97 Å². The van der Waals surface area contributed by atoms with Gasteiger partial charge in [0.05, 0.1) is 21.9 Å². The number of carboxylic acids is 1. The Bertz CT molecular complexity index is 1060. The van der Waals surface area contributed by atoms with Crippen molar-refractivity contribution in [2.45, 2.75) is 14.1 Å². The summed E-state index contributed by atoms with van der Waals surface area (Å²) >= 11 is 37.9. The highest BCUT2D eigenvalue weighted by molar-refractivity contribution is 6.66. The summed E-state index contributed by atoms with van der Waals surface area (Å²) in [6.45, 7) is 0.0167. The van der Waals surface area contributed by atoms with E-state index >= 15 is 0 Å². The zero-order chi connectivity index (χ0) is 22.9. The Labute approximate surface area is 204 Å². The number of carboxylic acid groups (broad SMARTS) is 1. The molecule has 4 rings (SSSR count). The molecule has 1 aromatic carbocycles. The van der Waals surface area contributed by atoms with Crippen LogP contribution in [0.25, 0.3) is 0 Å². The predicted octanol–water partition coefficient (Wildman–Crippen LogP) is 3.34. The van der Waals surface area contributed by atoms with Crippen molar-refractivity contribution in [1.29, 1.82) is 0 Å². The highest BCUT2D eigenvalue weighted by Gasteiger charge is 2.85. The number of allylic oxidation sites excluding steroid dienone is 2. The number of carbonyl (C=O) groups is 3. The second-order valence-electron chi connectivity index (χ2n) is 6.93. The number of rotatable bonds is 3. The van der Waals surface area contributed by atoms with E-state index in [-0.39, 0.29) is 22.4 Å². The minimum absolute atomic E-state index is 0.0167. The van der Waals surface area contributed by atoms with Gasteiger partial charge in [-0.3, -0.25) is 25.2 Å². The lowest BCUT2D eigenvalue weighted by molar-refractivity contribution is -0.147. The number of ether oxygens (including phenoxy) is 2. The second kappa shape index (κ2) is 7.37. The topological polar surface area (TPSA) is 114 Å². The molecule has 0 aromatic heterocycles. The van der Waals surface area contributed by atoms with E-state index in [1.165, 1.54) is 18.2 Å². The summed E-state index contributed by atoms with van der Waals surface area (Å²) in [5, 5.41) is 9.02. The summed E-state index contributed by atoms with van der Waals surface area (Å²) < 4.78 is 8.11. The van der Waals surface area contributed by atoms with E-state index < -0.39 is 43.7 Å². The molecule has 14 heteroatoms. The second-order valence-corrected chi connectivity index (χ2v) is 10.2. The fourth-order valence-corrected chi connectivity index (χ4v) is 6.87. The number of amides is 2. The number of aliphatic carboxylic acids is 1. The van der Waals surface area contributed by atoms with Gasteiger partial charge in [-0.2, -0.15) is 0 Å². The zero-order valence-corrected chi connectivity index (χ0v) is 19.4. The minimum Gasteiger partial charge on any atom is -0.481 e. The highest BCUT2D eigenvalue weighted by Crippen LogP contribution is 2.76. The summed E-state index contributed by atoms with van der Waals surface area (Å²) in [6.07, 6.45) is 0. The third kappa shape index (κ3) is 2.85. The van der Waals surface area contributed by atoms with Crippen molar-refractivity contribution in [3.8, 4) is 11.5 Å². The molecule has 4 atom stereocenters. The molecular weight excluding hydrogens is 541 g/mol. The fourth-order valence-electron chi connectivity index (χ4n) is 3.93. The van der Waals surface area contributed by atoms with Crippen LogP contribution >= 0.6 is 69.6 Å². The van der Waals surface area contributed by atoms with Crippen LogP contribution in [0.15, 0.2) is 28.3 Å². The Morgan fingerprint density at radius 2 is 1.52 bits per heavy atom. The fraction of sp³-hybridized carbons (Fsp3) is 0.353. The number of carbonyl (C=O) groups excluding carboxylic acids is 2. The SMILES string of the molecule is O=C(NNC(=O)[C@@H]1[C@@H](C(=O)O)[C@]2(Cl)C(Cl)=C(Cl)[C@]1(Cl)C2(Cl)Cl)c1ccc2c(c1)OCO2. The summed E-state index contributed by atoms with van der Waals surface area (Å²) in [6, 6.07) is 4.35. The van der Waals surface area contributed by atoms with Gasteiger partial charge in [0.25, 0.3) is 5.91 Å². The van der Waals surface area contributed by atoms with E-state index in [1.54, 1.807) is 0 Å². The van der Waals surface area contributed by atoms with Crippen molar-refractivity contribution in [3.05, 3.63) is 33.8 Å². The van der Waals surface area contributed by atoms with Crippen molar-refractivity contribution in [3.63, 3.8) is 0 Å². The first-order valence-corrected chi connectivity index (χ1v) is 10.7. The highest BCUT2D eigenvalue weighted by atomic mass is 35.5. The van der Waals surface area contributed by atoms with Gasteiger partial charge in [0, 0.05) is 5.56 Å². The average molecular weight is 551 g/mol. The molecule has 2 aliphatic carbocycles. The molecule has 8 nitrogen and oxygen atoms in total. The number of hydrogen-bond donors (Lipinski definition) is 3. The molecule has 1 heterocycles. The van der Waals surface area contributed by atoms with Gasteiger partial charge in [0.2, 0.25) is 12.7 Å². The van der Waals surface area contributed by atoms with Crippen LogP contribution < -0.4 is 20.3 Å². The lowest BCUT2D eigenvalue weighted by Crippen LogP contribution is -2.53. The molecule has 0 unspecified atom stereocenters. The van der Waals surface area contributed by atoms with Gasteiger partial charge in [0.15, 0.2) is 15.8 Å². The van der Waals surface area contributed by atoms with Gasteiger partial charge in [-0.1, -0.05) is 46.4 Å². The Morgan fingerprint density at radius 3 is 2.13 bits per heavy atom. The molecule has 1 saturated carbocycles. The van der Waals surface area contributed by atoms with Gasteiger partial charge in [-0.25, -0.2) is 0 Å². The number of benzene rings is 1. The van der Waals surface area contributed by atoms with E-state index in [4.69, 9.17) is 79.1 Å². The first-order chi connectivity index (χ1) is 14.4. The van der Waals surface area contributed by atoms with Crippen LogP contribution in [0.2, 0.25) is 0 Å². The summed E-state index contributed by atoms with van der Waals surface area (Å²) in [7, 11) is 0. The average Bonchev–Trinajstić information content (AvgIpc) is 3.27. The maximum Gasteiger partial charge on any atom is 0.309 e. The van der Waals surface area contributed by atoms with Crippen LogP contribution in [-0.4, -0.2) is 43.8 Å². The van der Waals surface area contributed by atoms with Crippen molar-refractivity contribution in [2.75, 3.05) is 6.79 Å². The van der Waals surface area contributed by atoms with E-state index in [0.717, 1.165) is 0 Å². The largest absolute Gasteiger partial charge is 0.481 e. The molecule has 2 bridgehead atoms. The zero-order valence-electron chi connectivity index (χ0n) is 14.9. The molecule has 1 aromatic rings. The molecule has 1 aliphatic heterocycles. The van der Waals surface area contributed by atoms with Crippen LogP contribution in [0.5, 0.6) is 11.5 Å². The number of hydrogen-bond acceptors (Lipinski definition) is 5. The van der Waals surface area contributed by atoms with E-state index in [9.17, 15) is 19.5 Å². The summed E-state index contributed by atoms with van der Waals surface area (Å²) in [5.74, 6) is -5.91. The molecule has 1 fully saturated rings. The lowest BCUT2D eigenvalue weighted by atomic mass is 9.81. The molecule has 0 saturated heterocycles.